The van der Waals surface area contributed by atoms with Crippen LogP contribution in [0.15, 0.2) is 92.0 Å². The lowest BCUT2D eigenvalue weighted by Crippen LogP contribution is -2.17. The quantitative estimate of drug-likeness (QED) is 0.291. The van der Waals surface area contributed by atoms with Crippen LogP contribution < -0.4 is 14.8 Å². The van der Waals surface area contributed by atoms with Crippen molar-refractivity contribution in [3.05, 3.63) is 109 Å². The average Bonchev–Trinajstić information content (AvgIpc) is 2.85. The second-order valence-corrected chi connectivity index (χ2v) is 7.93. The number of benzene rings is 3. The molecular formula is C30H35NO2. The first-order valence-corrected chi connectivity index (χ1v) is 11.7. The van der Waals surface area contributed by atoms with Gasteiger partial charge in [0.1, 0.15) is 17.6 Å². The zero-order chi connectivity index (χ0) is 23.5. The summed E-state index contributed by atoms with van der Waals surface area (Å²) >= 11 is 0. The zero-order valence-corrected chi connectivity index (χ0v) is 19.8. The van der Waals surface area contributed by atoms with Gasteiger partial charge < -0.3 is 14.8 Å². The van der Waals surface area contributed by atoms with Gasteiger partial charge in [-0.25, -0.2) is 0 Å². The van der Waals surface area contributed by atoms with E-state index in [9.17, 15) is 0 Å². The number of hydrogen-bond acceptors (Lipinski definition) is 3. The number of rotatable bonds is 13. The van der Waals surface area contributed by atoms with Crippen molar-refractivity contribution < 1.29 is 9.47 Å². The summed E-state index contributed by atoms with van der Waals surface area (Å²) in [5, 5.41) is 3.27. The molecule has 0 aromatic heterocycles. The Labute approximate surface area is 198 Å². The van der Waals surface area contributed by atoms with Gasteiger partial charge in [-0.1, -0.05) is 66.7 Å². The van der Waals surface area contributed by atoms with Crippen molar-refractivity contribution in [2.45, 2.75) is 32.3 Å². The van der Waals surface area contributed by atoms with E-state index in [4.69, 9.17) is 9.47 Å². The highest BCUT2D eigenvalue weighted by molar-refractivity contribution is 5.74. The fourth-order valence-corrected chi connectivity index (χ4v) is 4.02. The van der Waals surface area contributed by atoms with E-state index in [1.807, 2.05) is 44.3 Å². The SMILES string of the molecule is C=CCc1ccc(-c2ccc(OCC)cc2)c(OC(CCNC)c2ccccc2)c1CC=C. The summed E-state index contributed by atoms with van der Waals surface area (Å²) in [4.78, 5) is 0. The lowest BCUT2D eigenvalue weighted by Gasteiger charge is -2.25. The number of allylic oxidation sites excluding steroid dienone is 2. The summed E-state index contributed by atoms with van der Waals surface area (Å²) < 4.78 is 12.5. The average molecular weight is 442 g/mol. The summed E-state index contributed by atoms with van der Waals surface area (Å²) in [6.07, 6.45) is 6.21. The third-order valence-electron chi connectivity index (χ3n) is 5.63. The first-order chi connectivity index (χ1) is 16.2. The highest BCUT2D eigenvalue weighted by Gasteiger charge is 2.20. The summed E-state index contributed by atoms with van der Waals surface area (Å²) in [5.74, 6) is 1.79. The van der Waals surface area contributed by atoms with Crippen molar-refractivity contribution in [2.75, 3.05) is 20.2 Å². The van der Waals surface area contributed by atoms with E-state index in [1.165, 1.54) is 16.7 Å². The minimum atomic E-state index is -0.0670. The molecule has 0 spiro atoms. The Hall–Kier alpha value is -3.30. The molecule has 0 fully saturated rings. The number of ether oxygens (including phenoxy) is 2. The van der Waals surface area contributed by atoms with Crippen LogP contribution in [0.25, 0.3) is 11.1 Å². The van der Waals surface area contributed by atoms with Crippen LogP contribution in [-0.4, -0.2) is 20.2 Å². The van der Waals surface area contributed by atoms with Crippen LogP contribution >= 0.6 is 0 Å². The van der Waals surface area contributed by atoms with Crippen molar-refractivity contribution in [1.82, 2.24) is 5.32 Å². The lowest BCUT2D eigenvalue weighted by molar-refractivity contribution is 0.194. The van der Waals surface area contributed by atoms with Crippen LogP contribution in [0.2, 0.25) is 0 Å². The van der Waals surface area contributed by atoms with Gasteiger partial charge in [-0.2, -0.15) is 0 Å². The summed E-state index contributed by atoms with van der Waals surface area (Å²) in [7, 11) is 1.97. The molecule has 0 bridgehead atoms. The summed E-state index contributed by atoms with van der Waals surface area (Å²) in [6, 6.07) is 23.0. The first-order valence-electron chi connectivity index (χ1n) is 11.7. The fourth-order valence-electron chi connectivity index (χ4n) is 4.02. The van der Waals surface area contributed by atoms with E-state index in [2.05, 4.69) is 67.0 Å². The van der Waals surface area contributed by atoms with Crippen molar-refractivity contribution >= 4 is 0 Å². The molecule has 3 nitrogen and oxygen atoms in total. The van der Waals surface area contributed by atoms with E-state index in [0.29, 0.717) is 6.61 Å². The maximum atomic E-state index is 6.88. The van der Waals surface area contributed by atoms with E-state index in [1.54, 1.807) is 0 Å². The molecule has 3 rings (SSSR count). The molecule has 33 heavy (non-hydrogen) atoms. The van der Waals surface area contributed by atoms with Gasteiger partial charge in [-0.3, -0.25) is 0 Å². The predicted octanol–water partition coefficient (Wildman–Crippen LogP) is 6.94. The summed E-state index contributed by atoms with van der Waals surface area (Å²) in [5.41, 5.74) is 5.73. The largest absolute Gasteiger partial charge is 0.494 e. The van der Waals surface area contributed by atoms with Crippen molar-refractivity contribution in [1.29, 1.82) is 0 Å². The smallest absolute Gasteiger partial charge is 0.131 e. The van der Waals surface area contributed by atoms with Gasteiger partial charge in [0.2, 0.25) is 0 Å². The van der Waals surface area contributed by atoms with Crippen LogP contribution in [0.4, 0.5) is 0 Å². The minimum Gasteiger partial charge on any atom is -0.494 e. The number of hydrogen-bond donors (Lipinski definition) is 1. The predicted molar refractivity (Wildman–Crippen MR) is 139 cm³/mol. The fraction of sp³-hybridized carbons (Fsp3) is 0.267. The maximum absolute atomic E-state index is 6.88. The molecule has 172 valence electrons. The highest BCUT2D eigenvalue weighted by Crippen LogP contribution is 2.40. The van der Waals surface area contributed by atoms with Gasteiger partial charge in [-0.05, 0) is 62.2 Å². The van der Waals surface area contributed by atoms with Crippen LogP contribution in [0, 0.1) is 0 Å². The maximum Gasteiger partial charge on any atom is 0.131 e. The van der Waals surface area contributed by atoms with Crippen LogP contribution in [0.5, 0.6) is 11.5 Å². The third kappa shape index (κ3) is 6.36. The Bertz CT molecular complexity index is 1030. The molecule has 0 aliphatic carbocycles. The standard InChI is InChI=1S/C30H35NO2/c1-5-11-23-17-20-28(24-15-18-26(19-16-24)32-7-3)30(27(23)12-6-2)33-29(21-22-31-4)25-13-9-8-10-14-25/h5-6,8-10,13-20,29,31H,1-2,7,11-12,21-22H2,3-4H3. The van der Waals surface area contributed by atoms with Crippen molar-refractivity contribution in [2.24, 2.45) is 0 Å². The van der Waals surface area contributed by atoms with E-state index < -0.39 is 0 Å². The van der Waals surface area contributed by atoms with Gasteiger partial charge in [0.25, 0.3) is 0 Å². The van der Waals surface area contributed by atoms with Crippen LogP contribution in [-0.2, 0) is 12.8 Å². The Morgan fingerprint density at radius 1 is 0.909 bits per heavy atom. The van der Waals surface area contributed by atoms with Gasteiger partial charge in [0, 0.05) is 17.5 Å². The first kappa shape index (κ1) is 24.3. The molecule has 1 N–H and O–H groups in total. The molecule has 1 unspecified atom stereocenters. The number of nitrogens with one attached hydrogen (secondary N) is 1. The zero-order valence-electron chi connectivity index (χ0n) is 19.8. The Morgan fingerprint density at radius 2 is 1.64 bits per heavy atom. The monoisotopic (exact) mass is 441 g/mol. The molecular weight excluding hydrogens is 406 g/mol. The molecule has 3 heteroatoms. The Morgan fingerprint density at radius 3 is 2.27 bits per heavy atom. The van der Waals surface area contributed by atoms with Gasteiger partial charge in [0.05, 0.1) is 6.61 Å². The molecule has 1 atom stereocenters. The third-order valence-corrected chi connectivity index (χ3v) is 5.63. The Kier molecular flexibility index (Phi) is 9.34. The molecule has 0 heterocycles. The molecule has 3 aromatic rings. The molecule has 0 aliphatic rings. The normalized spacial score (nSPS) is 11.6. The molecule has 3 aromatic carbocycles. The lowest BCUT2D eigenvalue weighted by atomic mass is 9.93. The molecule has 0 radical (unpaired) electrons. The van der Waals surface area contributed by atoms with E-state index in [0.717, 1.165) is 48.4 Å². The van der Waals surface area contributed by atoms with Crippen molar-refractivity contribution in [3.63, 3.8) is 0 Å². The minimum absolute atomic E-state index is 0.0670. The molecule has 0 amide bonds. The van der Waals surface area contributed by atoms with Gasteiger partial charge >= 0.3 is 0 Å². The summed E-state index contributed by atoms with van der Waals surface area (Å²) in [6.45, 7) is 11.5. The molecule has 0 aliphatic heterocycles. The second-order valence-electron chi connectivity index (χ2n) is 7.93. The van der Waals surface area contributed by atoms with Gasteiger partial charge in [-0.15, -0.1) is 13.2 Å². The topological polar surface area (TPSA) is 30.5 Å². The van der Waals surface area contributed by atoms with Crippen LogP contribution in [0.3, 0.4) is 0 Å². The molecule has 0 saturated heterocycles. The van der Waals surface area contributed by atoms with Gasteiger partial charge in [0.15, 0.2) is 0 Å². The van der Waals surface area contributed by atoms with E-state index >= 15 is 0 Å². The van der Waals surface area contributed by atoms with Crippen molar-refractivity contribution in [3.8, 4) is 22.6 Å². The Balaban J connectivity index is 2.12. The highest BCUT2D eigenvalue weighted by atomic mass is 16.5. The van der Waals surface area contributed by atoms with Crippen LogP contribution in [0.1, 0.15) is 36.1 Å². The van der Waals surface area contributed by atoms with E-state index in [-0.39, 0.29) is 6.10 Å². The second kappa shape index (κ2) is 12.7. The molecule has 0 saturated carbocycles.